The maximum atomic E-state index is 13.8. The average Bonchev–Trinajstić information content (AvgIpc) is 3.44. The highest BCUT2D eigenvalue weighted by Gasteiger charge is 2.36. The first kappa shape index (κ1) is 26.7. The van der Waals surface area contributed by atoms with Crippen LogP contribution in [0.15, 0.2) is 77.9 Å². The van der Waals surface area contributed by atoms with E-state index in [2.05, 4.69) is 34.1 Å². The van der Waals surface area contributed by atoms with Gasteiger partial charge in [-0.3, -0.25) is 14.6 Å². The first-order chi connectivity index (χ1) is 19.1. The molecule has 1 amide bonds. The Hall–Kier alpha value is -3.88. The second-order valence-corrected chi connectivity index (χ2v) is 9.88. The van der Waals surface area contributed by atoms with Crippen LogP contribution in [0.1, 0.15) is 29.2 Å². The van der Waals surface area contributed by atoms with E-state index in [1.165, 1.54) is 5.56 Å². The van der Waals surface area contributed by atoms with Crippen LogP contribution in [-0.2, 0) is 11.3 Å². The monoisotopic (exact) mass is 528 g/mol. The zero-order valence-corrected chi connectivity index (χ0v) is 22.9. The third-order valence-electron chi connectivity index (χ3n) is 7.44. The lowest BCUT2D eigenvalue weighted by atomic mass is 9.97. The Morgan fingerprint density at radius 3 is 2.26 bits per heavy atom. The van der Waals surface area contributed by atoms with Crippen LogP contribution in [0.2, 0.25) is 0 Å². The van der Waals surface area contributed by atoms with Crippen molar-refractivity contribution < 1.29 is 19.0 Å². The number of carbonyl (C=O) groups excluding carboxylic acids is 1. The number of rotatable bonds is 9. The highest BCUT2D eigenvalue weighted by atomic mass is 16.5. The van der Waals surface area contributed by atoms with Gasteiger partial charge >= 0.3 is 0 Å². The first-order valence-electron chi connectivity index (χ1n) is 13.3. The van der Waals surface area contributed by atoms with Crippen molar-refractivity contribution in [2.75, 3.05) is 54.1 Å². The molecule has 1 atom stereocenters. The second-order valence-electron chi connectivity index (χ2n) is 9.88. The molecular formula is C31H36N4O4. The van der Waals surface area contributed by atoms with Crippen LogP contribution < -0.4 is 14.2 Å². The number of methoxy groups -OCH3 is 3. The summed E-state index contributed by atoms with van der Waals surface area (Å²) >= 11 is 0. The minimum absolute atomic E-state index is 0.0284. The SMILES string of the molecule is COc1cccc(C2=NN(C(=O)CN3CCN(Cc4ccccc4)CC3)C(c3cc(OC)ccc3OC)C2)c1. The van der Waals surface area contributed by atoms with Gasteiger partial charge in [-0.25, -0.2) is 5.01 Å². The summed E-state index contributed by atoms with van der Waals surface area (Å²) in [5.74, 6) is 2.14. The number of hydrazone groups is 1. The Labute approximate surface area is 230 Å². The Morgan fingerprint density at radius 2 is 1.54 bits per heavy atom. The first-order valence-corrected chi connectivity index (χ1v) is 13.3. The fourth-order valence-corrected chi connectivity index (χ4v) is 5.27. The molecule has 0 saturated carbocycles. The summed E-state index contributed by atoms with van der Waals surface area (Å²) in [6.07, 6.45) is 0.563. The van der Waals surface area contributed by atoms with Crippen LogP contribution in [0.4, 0.5) is 0 Å². The van der Waals surface area contributed by atoms with Gasteiger partial charge in [0.15, 0.2) is 0 Å². The Bertz CT molecular complexity index is 1300. The molecule has 2 heterocycles. The lowest BCUT2D eigenvalue weighted by molar-refractivity contribution is -0.134. The summed E-state index contributed by atoms with van der Waals surface area (Å²) < 4.78 is 16.6. The molecule has 0 radical (unpaired) electrons. The predicted octanol–water partition coefficient (Wildman–Crippen LogP) is 4.21. The molecule has 2 aliphatic rings. The second kappa shape index (κ2) is 12.3. The van der Waals surface area contributed by atoms with Crippen molar-refractivity contribution in [2.24, 2.45) is 5.10 Å². The van der Waals surface area contributed by atoms with Crippen LogP contribution in [0.25, 0.3) is 0 Å². The van der Waals surface area contributed by atoms with Gasteiger partial charge in [0.1, 0.15) is 17.2 Å². The molecule has 204 valence electrons. The topological polar surface area (TPSA) is 66.8 Å². The van der Waals surface area contributed by atoms with E-state index in [0.29, 0.717) is 24.5 Å². The Balaban J connectivity index is 1.34. The van der Waals surface area contributed by atoms with E-state index in [4.69, 9.17) is 19.3 Å². The normalized spacial score (nSPS) is 18.1. The van der Waals surface area contributed by atoms with Crippen molar-refractivity contribution >= 4 is 11.6 Å². The molecule has 8 nitrogen and oxygen atoms in total. The number of ether oxygens (including phenoxy) is 3. The van der Waals surface area contributed by atoms with Gasteiger partial charge in [-0.05, 0) is 35.9 Å². The molecule has 2 aliphatic heterocycles. The molecule has 3 aromatic rings. The largest absolute Gasteiger partial charge is 0.497 e. The van der Waals surface area contributed by atoms with E-state index in [1.54, 1.807) is 26.3 Å². The van der Waals surface area contributed by atoms with Crippen LogP contribution in [0.3, 0.4) is 0 Å². The van der Waals surface area contributed by atoms with Gasteiger partial charge in [-0.15, -0.1) is 0 Å². The van der Waals surface area contributed by atoms with Gasteiger partial charge in [0.25, 0.3) is 5.91 Å². The van der Waals surface area contributed by atoms with Gasteiger partial charge in [0.2, 0.25) is 0 Å². The summed E-state index contributed by atoms with van der Waals surface area (Å²) in [4.78, 5) is 18.5. The molecule has 0 aliphatic carbocycles. The maximum absolute atomic E-state index is 13.8. The van der Waals surface area contributed by atoms with Gasteiger partial charge in [-0.2, -0.15) is 5.10 Å². The number of hydrogen-bond donors (Lipinski definition) is 0. The van der Waals surface area contributed by atoms with Gasteiger partial charge in [0.05, 0.1) is 39.6 Å². The van der Waals surface area contributed by atoms with Crippen molar-refractivity contribution in [2.45, 2.75) is 19.0 Å². The van der Waals surface area contributed by atoms with Crippen molar-refractivity contribution in [3.8, 4) is 17.2 Å². The van der Waals surface area contributed by atoms with Crippen LogP contribution in [0.5, 0.6) is 17.2 Å². The van der Waals surface area contributed by atoms with Crippen molar-refractivity contribution in [3.05, 3.63) is 89.5 Å². The van der Waals surface area contributed by atoms with Gasteiger partial charge in [0, 0.05) is 50.3 Å². The Morgan fingerprint density at radius 1 is 0.821 bits per heavy atom. The molecule has 39 heavy (non-hydrogen) atoms. The minimum Gasteiger partial charge on any atom is -0.497 e. The molecule has 0 N–H and O–H groups in total. The smallest absolute Gasteiger partial charge is 0.257 e. The average molecular weight is 529 g/mol. The summed E-state index contributed by atoms with van der Waals surface area (Å²) in [5, 5.41) is 6.51. The fourth-order valence-electron chi connectivity index (χ4n) is 5.27. The molecule has 5 rings (SSSR count). The number of piperazine rings is 1. The standard InChI is InChI=1S/C31H36N4O4/c1-37-25-11-7-10-24(18-25)28-20-29(27-19-26(38-2)12-13-30(27)39-3)35(32-28)31(36)22-34-16-14-33(15-17-34)21-23-8-5-4-6-9-23/h4-13,18-19,29H,14-17,20-22H2,1-3H3. The van der Waals surface area contributed by atoms with Gasteiger partial charge in [-0.1, -0.05) is 42.5 Å². The molecule has 8 heteroatoms. The van der Waals surface area contributed by atoms with E-state index in [-0.39, 0.29) is 11.9 Å². The number of benzene rings is 3. The highest BCUT2D eigenvalue weighted by Crippen LogP contribution is 2.39. The van der Waals surface area contributed by atoms with Gasteiger partial charge < -0.3 is 14.2 Å². The molecule has 1 unspecified atom stereocenters. The summed E-state index contributed by atoms with van der Waals surface area (Å²) in [6, 6.07) is 23.7. The quantitative estimate of drug-likeness (QED) is 0.415. The van der Waals surface area contributed by atoms with Crippen molar-refractivity contribution in [1.29, 1.82) is 0 Å². The predicted molar refractivity (Wildman–Crippen MR) is 151 cm³/mol. The number of nitrogens with zero attached hydrogens (tertiary/aromatic N) is 4. The zero-order chi connectivity index (χ0) is 27.2. The molecule has 1 fully saturated rings. The lowest BCUT2D eigenvalue weighted by Crippen LogP contribution is -2.49. The summed E-state index contributed by atoms with van der Waals surface area (Å²) in [5.41, 5.74) is 3.96. The van der Waals surface area contributed by atoms with Crippen molar-refractivity contribution in [1.82, 2.24) is 14.8 Å². The highest BCUT2D eigenvalue weighted by molar-refractivity contribution is 6.03. The van der Waals surface area contributed by atoms with E-state index in [0.717, 1.165) is 55.3 Å². The van der Waals surface area contributed by atoms with Crippen LogP contribution in [0, 0.1) is 0 Å². The molecular weight excluding hydrogens is 492 g/mol. The maximum Gasteiger partial charge on any atom is 0.257 e. The minimum atomic E-state index is -0.303. The Kier molecular flexibility index (Phi) is 8.44. The van der Waals surface area contributed by atoms with E-state index >= 15 is 0 Å². The molecule has 3 aromatic carbocycles. The van der Waals surface area contributed by atoms with Crippen molar-refractivity contribution in [3.63, 3.8) is 0 Å². The third kappa shape index (κ3) is 6.24. The molecule has 0 spiro atoms. The molecule has 0 aromatic heterocycles. The van der Waals surface area contributed by atoms with E-state index in [1.807, 2.05) is 48.5 Å². The molecule has 1 saturated heterocycles. The summed E-state index contributed by atoms with van der Waals surface area (Å²) in [6.45, 7) is 4.77. The third-order valence-corrected chi connectivity index (χ3v) is 7.44. The van der Waals surface area contributed by atoms with Crippen LogP contribution >= 0.6 is 0 Å². The van der Waals surface area contributed by atoms with E-state index in [9.17, 15) is 4.79 Å². The lowest BCUT2D eigenvalue weighted by Gasteiger charge is -2.35. The fraction of sp³-hybridized carbons (Fsp3) is 0.355. The number of carbonyl (C=O) groups is 1. The number of amides is 1. The summed E-state index contributed by atoms with van der Waals surface area (Å²) in [7, 11) is 4.93. The molecule has 0 bridgehead atoms. The van der Waals surface area contributed by atoms with Crippen LogP contribution in [-0.4, -0.2) is 80.5 Å². The number of hydrogen-bond acceptors (Lipinski definition) is 7. The zero-order valence-electron chi connectivity index (χ0n) is 22.9. The van der Waals surface area contributed by atoms with E-state index < -0.39 is 0 Å².